The first-order chi connectivity index (χ1) is 11.3. The maximum absolute atomic E-state index is 9.22. The Hall–Kier alpha value is -3.47. The summed E-state index contributed by atoms with van der Waals surface area (Å²) in [6.45, 7) is 2.05. The third-order valence-electron chi connectivity index (χ3n) is 3.28. The molecule has 0 saturated heterocycles. The molecule has 2 aromatic heterocycles. The molecule has 23 heavy (non-hydrogen) atoms. The summed E-state index contributed by atoms with van der Waals surface area (Å²) in [6, 6.07) is 9.83. The van der Waals surface area contributed by atoms with Crippen LogP contribution in [-0.2, 0) is 6.42 Å². The molecule has 0 radical (unpaired) electrons. The number of H-pyrrole nitrogens is 1. The van der Waals surface area contributed by atoms with Crippen LogP contribution in [0.1, 0.15) is 18.6 Å². The summed E-state index contributed by atoms with van der Waals surface area (Å²) >= 11 is 0. The Kier molecular flexibility index (Phi) is 4.11. The number of nitrogens with zero attached hydrogens (tertiary/aromatic N) is 6. The molecule has 0 saturated carbocycles. The van der Waals surface area contributed by atoms with E-state index in [-0.39, 0.29) is 11.4 Å². The fourth-order valence-corrected chi connectivity index (χ4v) is 2.19. The zero-order valence-electron chi connectivity index (χ0n) is 12.4. The predicted molar refractivity (Wildman–Crippen MR) is 84.3 cm³/mol. The minimum atomic E-state index is 0.245. The molecule has 3 aromatic rings. The van der Waals surface area contributed by atoms with E-state index in [2.05, 4.69) is 37.8 Å². The molecule has 0 atom stereocenters. The second-order valence-corrected chi connectivity index (χ2v) is 4.63. The van der Waals surface area contributed by atoms with Crippen molar-refractivity contribution in [3.63, 3.8) is 0 Å². The summed E-state index contributed by atoms with van der Waals surface area (Å²) in [7, 11) is 0. The fraction of sp³-hybridized carbons (Fsp3) is 0.133. The highest BCUT2D eigenvalue weighted by molar-refractivity contribution is 5.75. The van der Waals surface area contributed by atoms with Crippen LogP contribution in [0.3, 0.4) is 0 Å². The number of nitriles is 1. The van der Waals surface area contributed by atoms with E-state index < -0.39 is 0 Å². The van der Waals surface area contributed by atoms with Gasteiger partial charge in [-0.3, -0.25) is 0 Å². The van der Waals surface area contributed by atoms with Crippen molar-refractivity contribution in [2.45, 2.75) is 13.3 Å². The van der Waals surface area contributed by atoms with Gasteiger partial charge in [-0.15, -0.1) is 10.2 Å². The molecule has 8 heteroatoms. The summed E-state index contributed by atoms with van der Waals surface area (Å²) in [5.74, 6) is 1.20. The molecular formula is C15H14N8. The number of tetrazole rings is 1. The van der Waals surface area contributed by atoms with Crippen LogP contribution in [0.2, 0.25) is 0 Å². The van der Waals surface area contributed by atoms with Gasteiger partial charge >= 0.3 is 0 Å². The van der Waals surface area contributed by atoms with Crippen LogP contribution < -0.4 is 5.32 Å². The Labute approximate surface area is 132 Å². The SMILES string of the molecule is CCc1nccn1-c1ccccc1NC=C(C#N)c1nn[nH]n1. The van der Waals surface area contributed by atoms with E-state index in [0.717, 1.165) is 23.6 Å². The zero-order valence-corrected chi connectivity index (χ0v) is 12.4. The molecule has 0 aliphatic heterocycles. The van der Waals surface area contributed by atoms with Gasteiger partial charge in [0.2, 0.25) is 5.82 Å². The average Bonchev–Trinajstić information content (AvgIpc) is 3.27. The first-order valence-electron chi connectivity index (χ1n) is 7.05. The van der Waals surface area contributed by atoms with Gasteiger partial charge in [-0.05, 0) is 17.3 Å². The number of hydrogen-bond donors (Lipinski definition) is 2. The third-order valence-corrected chi connectivity index (χ3v) is 3.28. The summed E-state index contributed by atoms with van der Waals surface area (Å²) in [5, 5.41) is 25.8. The van der Waals surface area contributed by atoms with Crippen LogP contribution in [0.5, 0.6) is 0 Å². The van der Waals surface area contributed by atoms with Crippen LogP contribution >= 0.6 is 0 Å². The molecule has 0 fully saturated rings. The quantitative estimate of drug-likeness (QED) is 0.697. The monoisotopic (exact) mass is 306 g/mol. The number of benzene rings is 1. The van der Waals surface area contributed by atoms with Gasteiger partial charge in [0.1, 0.15) is 17.5 Å². The van der Waals surface area contributed by atoms with E-state index in [1.165, 1.54) is 0 Å². The first kappa shape index (κ1) is 14.5. The molecule has 0 aliphatic rings. The topological polar surface area (TPSA) is 108 Å². The van der Waals surface area contributed by atoms with E-state index in [9.17, 15) is 5.26 Å². The number of anilines is 1. The Bertz CT molecular complexity index is 854. The van der Waals surface area contributed by atoms with Gasteiger partial charge in [-0.1, -0.05) is 19.1 Å². The lowest BCUT2D eigenvalue weighted by Gasteiger charge is -2.12. The Morgan fingerprint density at radius 1 is 1.43 bits per heavy atom. The number of hydrogen-bond acceptors (Lipinski definition) is 6. The van der Waals surface area contributed by atoms with Gasteiger partial charge in [0, 0.05) is 25.0 Å². The third kappa shape index (κ3) is 2.94. The minimum Gasteiger partial charge on any atom is -0.359 e. The number of nitrogens with one attached hydrogen (secondary N) is 2. The highest BCUT2D eigenvalue weighted by Gasteiger charge is 2.09. The van der Waals surface area contributed by atoms with E-state index in [1.807, 2.05) is 41.1 Å². The van der Waals surface area contributed by atoms with Crippen LogP contribution in [-0.4, -0.2) is 30.2 Å². The van der Waals surface area contributed by atoms with Crippen molar-refractivity contribution in [3.8, 4) is 11.8 Å². The van der Waals surface area contributed by atoms with Crippen LogP contribution in [0.15, 0.2) is 42.9 Å². The van der Waals surface area contributed by atoms with Crippen LogP contribution in [0, 0.1) is 11.3 Å². The van der Waals surface area contributed by atoms with E-state index in [4.69, 9.17) is 0 Å². The molecule has 0 aliphatic carbocycles. The lowest BCUT2D eigenvalue weighted by molar-refractivity contribution is 0.881. The maximum Gasteiger partial charge on any atom is 0.216 e. The van der Waals surface area contributed by atoms with Crippen molar-refractivity contribution in [2.24, 2.45) is 0 Å². The fourth-order valence-electron chi connectivity index (χ4n) is 2.19. The Balaban J connectivity index is 1.94. The van der Waals surface area contributed by atoms with Gasteiger partial charge in [0.15, 0.2) is 0 Å². The number of aryl methyl sites for hydroxylation is 1. The molecular weight excluding hydrogens is 292 g/mol. The molecule has 0 unspecified atom stereocenters. The van der Waals surface area contributed by atoms with Crippen molar-refractivity contribution >= 4 is 11.3 Å². The minimum absolute atomic E-state index is 0.245. The van der Waals surface area contributed by atoms with Gasteiger partial charge in [0.05, 0.1) is 11.4 Å². The highest BCUT2D eigenvalue weighted by Crippen LogP contribution is 2.22. The highest BCUT2D eigenvalue weighted by atomic mass is 15.5. The molecule has 0 bridgehead atoms. The first-order valence-corrected chi connectivity index (χ1v) is 7.05. The van der Waals surface area contributed by atoms with Gasteiger partial charge in [-0.2, -0.15) is 10.5 Å². The standard InChI is InChI=1S/C15H14N8/c1-2-14-17-7-8-23(14)13-6-4-3-5-12(13)18-10-11(9-16)15-19-21-22-20-15/h3-8,10,18H,2H2,1H3,(H,19,20,21,22). The molecule has 0 spiro atoms. The Morgan fingerprint density at radius 3 is 3.04 bits per heavy atom. The normalized spacial score (nSPS) is 11.2. The number of rotatable bonds is 5. The van der Waals surface area contributed by atoms with Crippen molar-refractivity contribution in [3.05, 3.63) is 54.5 Å². The van der Waals surface area contributed by atoms with E-state index in [1.54, 1.807) is 12.4 Å². The van der Waals surface area contributed by atoms with E-state index in [0.29, 0.717) is 0 Å². The molecule has 2 heterocycles. The number of imidazole rings is 1. The number of para-hydroxylation sites is 2. The van der Waals surface area contributed by atoms with Crippen molar-refractivity contribution in [1.29, 1.82) is 5.26 Å². The smallest absolute Gasteiger partial charge is 0.216 e. The molecule has 3 rings (SSSR count). The van der Waals surface area contributed by atoms with Gasteiger partial charge < -0.3 is 9.88 Å². The molecule has 114 valence electrons. The molecule has 8 nitrogen and oxygen atoms in total. The second kappa shape index (κ2) is 6.53. The zero-order chi connectivity index (χ0) is 16.1. The molecule has 0 amide bonds. The largest absolute Gasteiger partial charge is 0.359 e. The second-order valence-electron chi connectivity index (χ2n) is 4.63. The summed E-state index contributed by atoms with van der Waals surface area (Å²) in [6.07, 6.45) is 6.06. The number of aromatic nitrogens is 6. The van der Waals surface area contributed by atoms with Crippen molar-refractivity contribution in [2.75, 3.05) is 5.32 Å². The lowest BCUT2D eigenvalue weighted by Crippen LogP contribution is -2.03. The predicted octanol–water partition coefficient (Wildman–Crippen LogP) is 1.92. The average molecular weight is 306 g/mol. The number of aromatic amines is 1. The van der Waals surface area contributed by atoms with E-state index >= 15 is 0 Å². The number of allylic oxidation sites excluding steroid dienone is 1. The van der Waals surface area contributed by atoms with Crippen LogP contribution in [0.25, 0.3) is 11.3 Å². The summed E-state index contributed by atoms with van der Waals surface area (Å²) in [5.41, 5.74) is 2.08. The van der Waals surface area contributed by atoms with Gasteiger partial charge in [0.25, 0.3) is 0 Å². The lowest BCUT2D eigenvalue weighted by atomic mass is 10.2. The summed E-state index contributed by atoms with van der Waals surface area (Å²) in [4.78, 5) is 4.34. The Morgan fingerprint density at radius 2 is 2.30 bits per heavy atom. The van der Waals surface area contributed by atoms with Crippen molar-refractivity contribution in [1.82, 2.24) is 30.2 Å². The van der Waals surface area contributed by atoms with Crippen molar-refractivity contribution < 1.29 is 0 Å². The van der Waals surface area contributed by atoms with Gasteiger partial charge in [-0.25, -0.2) is 4.98 Å². The molecule has 2 N–H and O–H groups in total. The molecule has 1 aromatic carbocycles. The van der Waals surface area contributed by atoms with Crippen LogP contribution in [0.4, 0.5) is 5.69 Å². The summed E-state index contributed by atoms with van der Waals surface area (Å²) < 4.78 is 2.01. The maximum atomic E-state index is 9.22.